The summed E-state index contributed by atoms with van der Waals surface area (Å²) in [7, 11) is 1.85. The standard InChI is InChI=1S/C11H18N4O/c1-3-8-5-11(16)6-9(12-8)4-10-7-15(2)14-13-10/h7-9,12H,3-6H2,1-2H3. The van der Waals surface area contributed by atoms with Crippen molar-refractivity contribution in [3.8, 4) is 0 Å². The fourth-order valence-electron chi connectivity index (χ4n) is 2.22. The van der Waals surface area contributed by atoms with Crippen molar-refractivity contribution in [3.63, 3.8) is 0 Å². The van der Waals surface area contributed by atoms with E-state index in [1.165, 1.54) is 0 Å². The van der Waals surface area contributed by atoms with Crippen LogP contribution in [0.25, 0.3) is 0 Å². The van der Waals surface area contributed by atoms with E-state index in [0.29, 0.717) is 24.7 Å². The summed E-state index contributed by atoms with van der Waals surface area (Å²) in [6.45, 7) is 2.11. The van der Waals surface area contributed by atoms with Gasteiger partial charge >= 0.3 is 0 Å². The number of hydrogen-bond acceptors (Lipinski definition) is 4. The summed E-state index contributed by atoms with van der Waals surface area (Å²) in [4.78, 5) is 11.6. The van der Waals surface area contributed by atoms with E-state index in [2.05, 4.69) is 22.6 Å². The lowest BCUT2D eigenvalue weighted by molar-refractivity contribution is -0.121. The van der Waals surface area contributed by atoms with Gasteiger partial charge in [0.05, 0.1) is 5.69 Å². The number of nitrogens with one attached hydrogen (secondary N) is 1. The lowest BCUT2D eigenvalue weighted by Gasteiger charge is -2.29. The van der Waals surface area contributed by atoms with Gasteiger partial charge in [-0.05, 0) is 6.42 Å². The van der Waals surface area contributed by atoms with E-state index < -0.39 is 0 Å². The third-order valence-electron chi connectivity index (χ3n) is 3.02. The third kappa shape index (κ3) is 2.66. The van der Waals surface area contributed by atoms with E-state index in [0.717, 1.165) is 18.5 Å². The zero-order valence-electron chi connectivity index (χ0n) is 9.81. The number of rotatable bonds is 3. The molecule has 0 aromatic carbocycles. The molecule has 2 atom stereocenters. The Morgan fingerprint density at radius 1 is 1.50 bits per heavy atom. The van der Waals surface area contributed by atoms with E-state index in [1.54, 1.807) is 4.68 Å². The van der Waals surface area contributed by atoms with Crippen molar-refractivity contribution in [2.75, 3.05) is 0 Å². The molecule has 1 aliphatic rings. The topological polar surface area (TPSA) is 59.8 Å². The second kappa shape index (κ2) is 4.74. The van der Waals surface area contributed by atoms with Crippen LogP contribution in [0, 0.1) is 0 Å². The summed E-state index contributed by atoms with van der Waals surface area (Å²) in [6, 6.07) is 0.561. The largest absolute Gasteiger partial charge is 0.310 e. The molecule has 0 saturated carbocycles. The molecule has 0 aliphatic carbocycles. The van der Waals surface area contributed by atoms with Crippen LogP contribution in [0.2, 0.25) is 0 Å². The molecule has 5 nitrogen and oxygen atoms in total. The molecule has 1 aromatic heterocycles. The Kier molecular flexibility index (Phi) is 3.33. The van der Waals surface area contributed by atoms with Gasteiger partial charge in [0.15, 0.2) is 0 Å². The predicted octanol–water partition coefficient (Wildman–Crippen LogP) is 0.457. The fourth-order valence-corrected chi connectivity index (χ4v) is 2.22. The maximum absolute atomic E-state index is 11.6. The number of Topliss-reactive ketones (excluding diaryl/α,β-unsaturated/α-hetero) is 1. The summed E-state index contributed by atoms with van der Waals surface area (Å²) in [5.41, 5.74) is 0.949. The van der Waals surface area contributed by atoms with Gasteiger partial charge in [0, 0.05) is 44.6 Å². The number of aromatic nitrogens is 3. The highest BCUT2D eigenvalue weighted by Gasteiger charge is 2.25. The van der Waals surface area contributed by atoms with Gasteiger partial charge in [-0.1, -0.05) is 12.1 Å². The minimum atomic E-state index is 0.225. The number of aryl methyl sites for hydroxylation is 1. The molecule has 1 aliphatic heterocycles. The minimum absolute atomic E-state index is 0.225. The maximum Gasteiger partial charge on any atom is 0.136 e. The van der Waals surface area contributed by atoms with Crippen molar-refractivity contribution in [2.24, 2.45) is 7.05 Å². The zero-order valence-corrected chi connectivity index (χ0v) is 9.81. The van der Waals surface area contributed by atoms with Crippen LogP contribution >= 0.6 is 0 Å². The summed E-state index contributed by atoms with van der Waals surface area (Å²) < 4.78 is 1.69. The van der Waals surface area contributed by atoms with E-state index in [-0.39, 0.29) is 6.04 Å². The number of ketones is 1. The Bertz CT molecular complexity index is 374. The lowest BCUT2D eigenvalue weighted by atomic mass is 9.93. The van der Waals surface area contributed by atoms with Crippen LogP contribution in [0.3, 0.4) is 0 Å². The van der Waals surface area contributed by atoms with Gasteiger partial charge in [-0.3, -0.25) is 9.48 Å². The lowest BCUT2D eigenvalue weighted by Crippen LogP contribution is -2.46. The average Bonchev–Trinajstić information content (AvgIpc) is 2.63. The van der Waals surface area contributed by atoms with Crippen molar-refractivity contribution in [3.05, 3.63) is 11.9 Å². The van der Waals surface area contributed by atoms with E-state index in [9.17, 15) is 4.79 Å². The quantitative estimate of drug-likeness (QED) is 0.807. The van der Waals surface area contributed by atoms with Crippen molar-refractivity contribution < 1.29 is 4.79 Å². The van der Waals surface area contributed by atoms with Gasteiger partial charge in [-0.15, -0.1) is 5.10 Å². The molecule has 1 fully saturated rings. The first-order chi connectivity index (χ1) is 7.67. The molecule has 1 N–H and O–H groups in total. The van der Waals surface area contributed by atoms with Gasteiger partial charge < -0.3 is 5.32 Å². The monoisotopic (exact) mass is 222 g/mol. The normalized spacial score (nSPS) is 26.0. The van der Waals surface area contributed by atoms with Gasteiger partial charge in [-0.25, -0.2) is 0 Å². The van der Waals surface area contributed by atoms with Gasteiger partial charge in [0.2, 0.25) is 0 Å². The highest BCUT2D eigenvalue weighted by atomic mass is 16.1. The second-order valence-electron chi connectivity index (χ2n) is 4.50. The van der Waals surface area contributed by atoms with Crippen LogP contribution in [0.15, 0.2) is 6.20 Å². The Morgan fingerprint density at radius 3 is 2.88 bits per heavy atom. The number of nitrogens with zero attached hydrogens (tertiary/aromatic N) is 3. The van der Waals surface area contributed by atoms with Crippen LogP contribution in [-0.2, 0) is 18.3 Å². The molecule has 1 saturated heterocycles. The summed E-state index contributed by atoms with van der Waals surface area (Å²) in [5, 5.41) is 11.4. The van der Waals surface area contributed by atoms with E-state index >= 15 is 0 Å². The zero-order chi connectivity index (χ0) is 11.5. The van der Waals surface area contributed by atoms with Crippen LogP contribution < -0.4 is 5.32 Å². The third-order valence-corrected chi connectivity index (χ3v) is 3.02. The molecule has 2 unspecified atom stereocenters. The Labute approximate surface area is 95.2 Å². The molecule has 2 rings (SSSR count). The average molecular weight is 222 g/mol. The van der Waals surface area contributed by atoms with Gasteiger partial charge in [-0.2, -0.15) is 0 Å². The SMILES string of the molecule is CCC1CC(=O)CC(Cc2cn(C)nn2)N1. The first-order valence-corrected chi connectivity index (χ1v) is 5.80. The van der Waals surface area contributed by atoms with Crippen LogP contribution in [0.4, 0.5) is 0 Å². The molecule has 16 heavy (non-hydrogen) atoms. The summed E-state index contributed by atoms with van der Waals surface area (Å²) in [6.07, 6.45) is 4.99. The summed E-state index contributed by atoms with van der Waals surface area (Å²) in [5.74, 6) is 0.361. The van der Waals surface area contributed by atoms with E-state index in [4.69, 9.17) is 0 Å². The Hall–Kier alpha value is -1.23. The molecule has 0 bridgehead atoms. The molecule has 0 amide bonds. The Morgan fingerprint density at radius 2 is 2.25 bits per heavy atom. The number of carbonyl (C=O) groups is 1. The molecule has 2 heterocycles. The van der Waals surface area contributed by atoms with Crippen LogP contribution in [-0.4, -0.2) is 32.9 Å². The molecule has 1 aromatic rings. The van der Waals surface area contributed by atoms with Gasteiger partial charge in [0.25, 0.3) is 0 Å². The Balaban J connectivity index is 1.96. The van der Waals surface area contributed by atoms with Crippen molar-refractivity contribution in [2.45, 2.75) is 44.7 Å². The minimum Gasteiger partial charge on any atom is -0.310 e. The highest BCUT2D eigenvalue weighted by molar-refractivity contribution is 5.80. The predicted molar refractivity (Wildman–Crippen MR) is 60.0 cm³/mol. The molecule has 5 heteroatoms. The number of hydrogen-bond donors (Lipinski definition) is 1. The molecular weight excluding hydrogens is 204 g/mol. The number of piperidine rings is 1. The molecular formula is C11H18N4O. The maximum atomic E-state index is 11.6. The first-order valence-electron chi connectivity index (χ1n) is 5.80. The van der Waals surface area contributed by atoms with Crippen LogP contribution in [0.5, 0.6) is 0 Å². The highest BCUT2D eigenvalue weighted by Crippen LogP contribution is 2.14. The number of carbonyl (C=O) groups excluding carboxylic acids is 1. The molecule has 0 spiro atoms. The van der Waals surface area contributed by atoms with Crippen molar-refractivity contribution >= 4 is 5.78 Å². The molecule has 0 radical (unpaired) electrons. The molecule has 88 valence electrons. The van der Waals surface area contributed by atoms with Crippen LogP contribution in [0.1, 0.15) is 31.9 Å². The van der Waals surface area contributed by atoms with Gasteiger partial charge in [0.1, 0.15) is 5.78 Å². The van der Waals surface area contributed by atoms with E-state index in [1.807, 2.05) is 13.2 Å². The summed E-state index contributed by atoms with van der Waals surface area (Å²) >= 11 is 0. The van der Waals surface area contributed by atoms with Crippen molar-refractivity contribution in [1.29, 1.82) is 0 Å². The first kappa shape index (κ1) is 11.3. The fraction of sp³-hybridized carbons (Fsp3) is 0.727. The second-order valence-corrected chi connectivity index (χ2v) is 4.50. The smallest absolute Gasteiger partial charge is 0.136 e. The van der Waals surface area contributed by atoms with Crippen molar-refractivity contribution in [1.82, 2.24) is 20.3 Å².